The van der Waals surface area contributed by atoms with Crippen LogP contribution in [0, 0.1) is 5.82 Å². The summed E-state index contributed by atoms with van der Waals surface area (Å²) in [4.78, 5) is 18.7. The molecule has 1 atom stereocenters. The van der Waals surface area contributed by atoms with Crippen molar-refractivity contribution >= 4 is 17.6 Å². The average Bonchev–Trinajstić information content (AvgIpc) is 2.83. The van der Waals surface area contributed by atoms with Crippen molar-refractivity contribution in [2.45, 2.75) is 32.2 Å². The van der Waals surface area contributed by atoms with Crippen molar-refractivity contribution < 1.29 is 31.8 Å². The van der Waals surface area contributed by atoms with Gasteiger partial charge in [0.2, 0.25) is 5.88 Å². The van der Waals surface area contributed by atoms with Crippen molar-refractivity contribution in [2.24, 2.45) is 0 Å². The monoisotopic (exact) mass is 489 g/mol. The van der Waals surface area contributed by atoms with Gasteiger partial charge in [-0.2, -0.15) is 18.2 Å². The fourth-order valence-corrected chi connectivity index (χ4v) is 3.68. The lowest BCUT2D eigenvalue weighted by atomic mass is 10.0. The largest absolute Gasteiger partial charge is 0.474 e. The minimum absolute atomic E-state index is 0.0206. The first-order valence-corrected chi connectivity index (χ1v) is 10.9. The maximum atomic E-state index is 13.3. The van der Waals surface area contributed by atoms with E-state index in [-0.39, 0.29) is 37.0 Å². The number of hydrogen-bond donors (Lipinski definition) is 1. The highest BCUT2D eigenvalue weighted by atomic mass is 19.4. The number of pyridine rings is 1. The van der Waals surface area contributed by atoms with Crippen molar-refractivity contribution in [3.63, 3.8) is 0 Å². The molecule has 0 fully saturated rings. The Bertz CT molecular complexity index is 1170. The topological polar surface area (TPSA) is 63.7 Å². The van der Waals surface area contributed by atoms with Gasteiger partial charge in [-0.05, 0) is 36.2 Å². The van der Waals surface area contributed by atoms with Crippen LogP contribution in [0.3, 0.4) is 0 Å². The number of benzene rings is 2. The van der Waals surface area contributed by atoms with E-state index in [4.69, 9.17) is 9.47 Å². The molecule has 1 aliphatic rings. The quantitative estimate of drug-likeness (QED) is 0.450. The van der Waals surface area contributed by atoms with E-state index in [0.29, 0.717) is 11.1 Å². The molecule has 1 aliphatic heterocycles. The fourth-order valence-electron chi connectivity index (χ4n) is 3.68. The van der Waals surface area contributed by atoms with E-state index in [0.717, 1.165) is 5.56 Å². The lowest BCUT2D eigenvalue weighted by Crippen LogP contribution is -2.45. The number of rotatable bonds is 6. The Morgan fingerprint density at radius 2 is 1.86 bits per heavy atom. The van der Waals surface area contributed by atoms with Crippen molar-refractivity contribution in [1.82, 2.24) is 4.98 Å². The number of ether oxygens (including phenoxy) is 2. The standard InChI is InChI=1S/C25H23F4N3O3/c1-16-13-34-23-21(32(16)24(33)35-14-18-5-3-2-4-6-18)12-19(11-17-7-9-20(26)10-8-17)22(31-23)30-15-25(27,28)29/h2-10,12,16H,11,13-15H2,1H3,(H,30,31)/t16-/m0/s1. The molecule has 4 rings (SSSR count). The fraction of sp³-hybridized carbons (Fsp3) is 0.280. The zero-order chi connectivity index (χ0) is 25.0. The van der Waals surface area contributed by atoms with Crippen LogP contribution >= 0.6 is 0 Å². The summed E-state index contributed by atoms with van der Waals surface area (Å²) in [5.74, 6) is -0.438. The molecule has 2 aromatic carbocycles. The molecule has 0 saturated carbocycles. The lowest BCUT2D eigenvalue weighted by Gasteiger charge is -2.34. The molecule has 1 N–H and O–H groups in total. The van der Waals surface area contributed by atoms with Gasteiger partial charge in [-0.15, -0.1) is 0 Å². The van der Waals surface area contributed by atoms with E-state index in [2.05, 4.69) is 10.3 Å². The van der Waals surface area contributed by atoms with Gasteiger partial charge in [0, 0.05) is 12.0 Å². The molecular formula is C25H23F4N3O3. The molecule has 35 heavy (non-hydrogen) atoms. The van der Waals surface area contributed by atoms with E-state index in [1.807, 2.05) is 30.3 Å². The van der Waals surface area contributed by atoms with Gasteiger partial charge in [0.25, 0.3) is 0 Å². The Kier molecular flexibility index (Phi) is 7.09. The Morgan fingerprint density at radius 3 is 2.54 bits per heavy atom. The van der Waals surface area contributed by atoms with E-state index in [9.17, 15) is 22.4 Å². The minimum Gasteiger partial charge on any atom is -0.474 e. The molecule has 1 aromatic heterocycles. The summed E-state index contributed by atoms with van der Waals surface area (Å²) in [6.45, 7) is 0.618. The molecule has 2 heterocycles. The number of aromatic nitrogens is 1. The van der Waals surface area contributed by atoms with Crippen LogP contribution in [-0.4, -0.2) is 36.4 Å². The van der Waals surface area contributed by atoms with Crippen LogP contribution in [-0.2, 0) is 17.8 Å². The highest BCUT2D eigenvalue weighted by Crippen LogP contribution is 2.37. The summed E-state index contributed by atoms with van der Waals surface area (Å²) in [6, 6.07) is 15.9. The summed E-state index contributed by atoms with van der Waals surface area (Å²) >= 11 is 0. The Hall–Kier alpha value is -3.82. The van der Waals surface area contributed by atoms with Crippen LogP contribution in [0.4, 0.5) is 33.9 Å². The second-order valence-electron chi connectivity index (χ2n) is 8.16. The third-order valence-electron chi connectivity index (χ3n) is 5.38. The van der Waals surface area contributed by atoms with E-state index < -0.39 is 30.7 Å². The summed E-state index contributed by atoms with van der Waals surface area (Å²) in [6.07, 6.45) is -4.94. The highest BCUT2D eigenvalue weighted by Gasteiger charge is 2.34. The number of nitrogens with zero attached hydrogens (tertiary/aromatic N) is 2. The second-order valence-corrected chi connectivity index (χ2v) is 8.16. The summed E-state index contributed by atoms with van der Waals surface area (Å²) in [5.41, 5.74) is 2.14. The summed E-state index contributed by atoms with van der Waals surface area (Å²) in [5, 5.41) is 2.31. The number of carbonyl (C=O) groups is 1. The molecule has 0 radical (unpaired) electrons. The first kappa shape index (κ1) is 24.3. The molecule has 0 saturated heterocycles. The average molecular weight is 489 g/mol. The lowest BCUT2D eigenvalue weighted by molar-refractivity contribution is -0.115. The summed E-state index contributed by atoms with van der Waals surface area (Å²) < 4.78 is 63.1. The molecule has 0 bridgehead atoms. The number of halogens is 4. The number of nitrogens with one attached hydrogen (secondary N) is 1. The zero-order valence-corrected chi connectivity index (χ0v) is 18.8. The van der Waals surface area contributed by atoms with Gasteiger partial charge < -0.3 is 14.8 Å². The Balaban J connectivity index is 1.65. The van der Waals surface area contributed by atoms with Crippen molar-refractivity contribution in [2.75, 3.05) is 23.4 Å². The van der Waals surface area contributed by atoms with E-state index >= 15 is 0 Å². The van der Waals surface area contributed by atoms with Gasteiger partial charge in [-0.25, -0.2) is 9.18 Å². The predicted octanol–water partition coefficient (Wildman–Crippen LogP) is 5.71. The maximum absolute atomic E-state index is 13.3. The van der Waals surface area contributed by atoms with Crippen LogP contribution < -0.4 is 15.0 Å². The number of anilines is 2. The SMILES string of the molecule is C[C@H]1COc2nc(NCC(F)(F)F)c(Cc3ccc(F)cc3)cc2N1C(=O)OCc1ccccc1. The zero-order valence-electron chi connectivity index (χ0n) is 18.8. The van der Waals surface area contributed by atoms with Gasteiger partial charge in [-0.1, -0.05) is 42.5 Å². The Morgan fingerprint density at radius 1 is 1.14 bits per heavy atom. The number of fused-ring (bicyclic) bond motifs is 1. The van der Waals surface area contributed by atoms with Crippen LogP contribution in [0.2, 0.25) is 0 Å². The second kappa shape index (κ2) is 10.2. The van der Waals surface area contributed by atoms with Crippen LogP contribution in [0.15, 0.2) is 60.7 Å². The molecule has 184 valence electrons. The van der Waals surface area contributed by atoms with Crippen molar-refractivity contribution in [1.29, 1.82) is 0 Å². The van der Waals surface area contributed by atoms with Gasteiger partial charge in [0.15, 0.2) is 0 Å². The van der Waals surface area contributed by atoms with Gasteiger partial charge >= 0.3 is 12.3 Å². The van der Waals surface area contributed by atoms with Crippen molar-refractivity contribution in [3.05, 3.63) is 83.2 Å². The number of amides is 1. The third kappa shape index (κ3) is 6.20. The third-order valence-corrected chi connectivity index (χ3v) is 5.38. The molecule has 6 nitrogen and oxygen atoms in total. The van der Waals surface area contributed by atoms with Gasteiger partial charge in [-0.3, -0.25) is 4.90 Å². The predicted molar refractivity (Wildman–Crippen MR) is 122 cm³/mol. The number of alkyl halides is 3. The first-order valence-electron chi connectivity index (χ1n) is 10.9. The normalized spacial score (nSPS) is 15.2. The molecule has 0 aliphatic carbocycles. The smallest absolute Gasteiger partial charge is 0.415 e. The van der Waals surface area contributed by atoms with Crippen LogP contribution in [0.25, 0.3) is 0 Å². The molecular weight excluding hydrogens is 466 g/mol. The van der Waals surface area contributed by atoms with E-state index in [1.54, 1.807) is 13.0 Å². The van der Waals surface area contributed by atoms with Crippen LogP contribution in [0.1, 0.15) is 23.6 Å². The first-order chi connectivity index (χ1) is 16.7. The maximum Gasteiger partial charge on any atom is 0.415 e. The van der Waals surface area contributed by atoms with Gasteiger partial charge in [0.05, 0.1) is 6.04 Å². The molecule has 10 heteroatoms. The van der Waals surface area contributed by atoms with E-state index in [1.165, 1.54) is 29.2 Å². The minimum atomic E-state index is -4.46. The Labute approximate surface area is 199 Å². The molecule has 0 spiro atoms. The van der Waals surface area contributed by atoms with Gasteiger partial charge in [0.1, 0.15) is 37.1 Å². The van der Waals surface area contributed by atoms with Crippen molar-refractivity contribution in [3.8, 4) is 5.88 Å². The summed E-state index contributed by atoms with van der Waals surface area (Å²) in [7, 11) is 0. The number of carbonyl (C=O) groups excluding carboxylic acids is 1. The molecule has 3 aromatic rings. The van der Waals surface area contributed by atoms with Crippen LogP contribution in [0.5, 0.6) is 5.88 Å². The molecule has 0 unspecified atom stereocenters. The molecule has 1 amide bonds. The number of hydrogen-bond acceptors (Lipinski definition) is 5. The highest BCUT2D eigenvalue weighted by molar-refractivity contribution is 5.91.